The van der Waals surface area contributed by atoms with Crippen LogP contribution in [-0.2, 0) is 20.3 Å². The van der Waals surface area contributed by atoms with Gasteiger partial charge in [-0.2, -0.15) is 0 Å². The standard InChI is InChI=1S/C27H32F2N4O5/c1-27(28,29)18-6-3-7-19-17(18)11-21(31-19)26(38)33-12-15-4-2-5-16(15)23(33)25(37)32-20(22(35)13-34)10-14-8-9-30-24(14)36/h3,6-7,11,14-16,20,23,31,34H,2,4-5,8-10,12-13H2,1H3,(H,30,36)(H,32,37)/t14?,15-,16-,20-,23-/m0/s1. The first-order chi connectivity index (χ1) is 18.1. The Bertz CT molecular complexity index is 1270. The summed E-state index contributed by atoms with van der Waals surface area (Å²) in [6, 6.07) is 3.95. The number of carbonyl (C=O) groups is 4. The number of fused-ring (bicyclic) bond motifs is 2. The summed E-state index contributed by atoms with van der Waals surface area (Å²) in [4.78, 5) is 56.3. The van der Waals surface area contributed by atoms with Gasteiger partial charge in [0.2, 0.25) is 11.8 Å². The fourth-order valence-electron chi connectivity index (χ4n) is 6.45. The number of aromatic nitrogens is 1. The van der Waals surface area contributed by atoms with Crippen molar-refractivity contribution in [2.45, 2.75) is 57.0 Å². The SMILES string of the molecule is CC(F)(F)c1cccc2[nH]c(C(=O)N3C[C@@H]4CCC[C@@H]4[C@H]3C(=O)N[C@@H](CC3CCNC3=O)C(=O)CO)cc12. The molecule has 1 aliphatic carbocycles. The molecule has 38 heavy (non-hydrogen) atoms. The van der Waals surface area contributed by atoms with Crippen LogP contribution >= 0.6 is 0 Å². The third-order valence-electron chi connectivity index (χ3n) is 8.33. The second-order valence-corrected chi connectivity index (χ2v) is 10.8. The van der Waals surface area contributed by atoms with E-state index >= 15 is 0 Å². The molecule has 4 N–H and O–H groups in total. The van der Waals surface area contributed by atoms with E-state index < -0.39 is 48.1 Å². The molecule has 0 radical (unpaired) electrons. The summed E-state index contributed by atoms with van der Waals surface area (Å²) in [5, 5.41) is 15.2. The third kappa shape index (κ3) is 4.79. The predicted molar refractivity (Wildman–Crippen MR) is 133 cm³/mol. The smallest absolute Gasteiger partial charge is 0.271 e. The number of rotatable bonds is 8. The molecule has 2 aliphatic heterocycles. The van der Waals surface area contributed by atoms with Crippen LogP contribution in [0, 0.1) is 17.8 Å². The van der Waals surface area contributed by atoms with Gasteiger partial charge in [-0.25, -0.2) is 8.78 Å². The minimum atomic E-state index is -3.10. The summed E-state index contributed by atoms with van der Waals surface area (Å²) >= 11 is 0. The number of aromatic amines is 1. The molecule has 1 unspecified atom stereocenters. The number of halogens is 2. The zero-order valence-electron chi connectivity index (χ0n) is 21.1. The Kier molecular flexibility index (Phi) is 6.97. The molecule has 9 nitrogen and oxygen atoms in total. The normalized spacial score (nSPS) is 25.9. The largest absolute Gasteiger partial charge is 0.389 e. The Labute approximate surface area is 218 Å². The summed E-state index contributed by atoms with van der Waals surface area (Å²) in [7, 11) is 0. The number of amides is 3. The highest BCUT2D eigenvalue weighted by atomic mass is 19.3. The lowest BCUT2D eigenvalue weighted by Crippen LogP contribution is -2.53. The molecule has 3 fully saturated rings. The van der Waals surface area contributed by atoms with Crippen molar-refractivity contribution < 1.29 is 33.1 Å². The molecule has 11 heteroatoms. The Balaban J connectivity index is 1.41. The number of aliphatic hydroxyl groups is 1. The number of ketones is 1. The van der Waals surface area contributed by atoms with Crippen molar-refractivity contribution >= 4 is 34.4 Å². The summed E-state index contributed by atoms with van der Waals surface area (Å²) in [6.07, 6.45) is 3.13. The maximum Gasteiger partial charge on any atom is 0.271 e. The van der Waals surface area contributed by atoms with Gasteiger partial charge in [0, 0.05) is 42.4 Å². The lowest BCUT2D eigenvalue weighted by Gasteiger charge is -2.29. The third-order valence-corrected chi connectivity index (χ3v) is 8.33. The van der Waals surface area contributed by atoms with E-state index in [4.69, 9.17) is 0 Å². The van der Waals surface area contributed by atoms with Crippen LogP contribution in [0.25, 0.3) is 10.9 Å². The van der Waals surface area contributed by atoms with Gasteiger partial charge in [-0.1, -0.05) is 18.6 Å². The van der Waals surface area contributed by atoms with Crippen LogP contribution in [0.4, 0.5) is 8.78 Å². The molecule has 2 saturated heterocycles. The molecule has 2 aromatic rings. The van der Waals surface area contributed by atoms with Crippen LogP contribution in [0.5, 0.6) is 0 Å². The highest BCUT2D eigenvalue weighted by Crippen LogP contribution is 2.43. The number of H-pyrrole nitrogens is 1. The number of likely N-dealkylation sites (tertiary alicyclic amines) is 1. The summed E-state index contributed by atoms with van der Waals surface area (Å²) in [5.74, 6) is -5.30. The van der Waals surface area contributed by atoms with Crippen molar-refractivity contribution in [2.24, 2.45) is 17.8 Å². The van der Waals surface area contributed by atoms with Gasteiger partial charge >= 0.3 is 0 Å². The van der Waals surface area contributed by atoms with E-state index in [-0.39, 0.29) is 40.8 Å². The van der Waals surface area contributed by atoms with Crippen LogP contribution in [0.15, 0.2) is 24.3 Å². The van der Waals surface area contributed by atoms with Gasteiger partial charge < -0.3 is 25.6 Å². The van der Waals surface area contributed by atoms with Crippen LogP contribution in [0.3, 0.4) is 0 Å². The van der Waals surface area contributed by atoms with Crippen molar-refractivity contribution in [1.29, 1.82) is 0 Å². The Morgan fingerprint density at radius 3 is 2.71 bits per heavy atom. The number of hydrogen-bond donors (Lipinski definition) is 4. The van der Waals surface area contributed by atoms with E-state index in [1.165, 1.54) is 23.1 Å². The fraction of sp³-hybridized carbons (Fsp3) is 0.556. The van der Waals surface area contributed by atoms with Gasteiger partial charge in [0.1, 0.15) is 18.3 Å². The van der Waals surface area contributed by atoms with Crippen LogP contribution in [-0.4, -0.2) is 70.3 Å². The number of benzene rings is 1. The monoisotopic (exact) mass is 530 g/mol. The van der Waals surface area contributed by atoms with Gasteiger partial charge in [-0.3, -0.25) is 19.2 Å². The minimum Gasteiger partial charge on any atom is -0.389 e. The first-order valence-electron chi connectivity index (χ1n) is 13.1. The zero-order chi connectivity index (χ0) is 27.2. The number of nitrogens with zero attached hydrogens (tertiary/aromatic N) is 1. The van der Waals surface area contributed by atoms with E-state index in [0.717, 1.165) is 26.2 Å². The van der Waals surface area contributed by atoms with Gasteiger partial charge in [0.05, 0.1) is 6.04 Å². The summed E-state index contributed by atoms with van der Waals surface area (Å²) in [6.45, 7) is 0.857. The molecule has 204 valence electrons. The molecule has 5 atom stereocenters. The minimum absolute atomic E-state index is 0.0712. The number of Topliss-reactive ketones (excluding diaryl/α,β-unsaturated/α-hetero) is 1. The van der Waals surface area contributed by atoms with Crippen molar-refractivity contribution in [3.05, 3.63) is 35.5 Å². The number of aliphatic hydroxyl groups excluding tert-OH is 1. The Morgan fingerprint density at radius 2 is 2.03 bits per heavy atom. The van der Waals surface area contributed by atoms with Gasteiger partial charge in [0.25, 0.3) is 11.8 Å². The topological polar surface area (TPSA) is 132 Å². The highest BCUT2D eigenvalue weighted by molar-refractivity contribution is 6.02. The molecule has 3 aliphatic rings. The Hall–Kier alpha value is -3.34. The first kappa shape index (κ1) is 26.3. The molecule has 0 bridgehead atoms. The number of alkyl halides is 2. The van der Waals surface area contributed by atoms with Crippen molar-refractivity contribution in [3.63, 3.8) is 0 Å². The van der Waals surface area contributed by atoms with E-state index in [1.54, 1.807) is 6.07 Å². The quantitative estimate of drug-likeness (QED) is 0.415. The summed E-state index contributed by atoms with van der Waals surface area (Å²) < 4.78 is 28.3. The van der Waals surface area contributed by atoms with Crippen LogP contribution in [0.2, 0.25) is 0 Å². The zero-order valence-corrected chi connectivity index (χ0v) is 21.1. The maximum absolute atomic E-state index is 14.2. The Morgan fingerprint density at radius 1 is 1.24 bits per heavy atom. The molecule has 1 saturated carbocycles. The van der Waals surface area contributed by atoms with Crippen LogP contribution in [0.1, 0.15) is 55.1 Å². The van der Waals surface area contributed by atoms with Gasteiger partial charge in [0.15, 0.2) is 5.78 Å². The van der Waals surface area contributed by atoms with E-state index in [9.17, 15) is 33.1 Å². The van der Waals surface area contributed by atoms with E-state index in [1.807, 2.05) is 0 Å². The van der Waals surface area contributed by atoms with E-state index in [0.29, 0.717) is 25.0 Å². The molecular formula is C27H32F2N4O5. The van der Waals surface area contributed by atoms with Crippen molar-refractivity contribution in [3.8, 4) is 0 Å². The van der Waals surface area contributed by atoms with Crippen LogP contribution < -0.4 is 10.6 Å². The number of hydrogen-bond acceptors (Lipinski definition) is 5. The molecule has 1 aromatic carbocycles. The molecular weight excluding hydrogens is 498 g/mol. The van der Waals surface area contributed by atoms with Gasteiger partial charge in [-0.15, -0.1) is 0 Å². The van der Waals surface area contributed by atoms with Gasteiger partial charge in [-0.05, 0) is 49.7 Å². The van der Waals surface area contributed by atoms with Crippen molar-refractivity contribution in [1.82, 2.24) is 20.5 Å². The predicted octanol–water partition coefficient (Wildman–Crippen LogP) is 2.09. The summed E-state index contributed by atoms with van der Waals surface area (Å²) in [5.41, 5.74) is 0.315. The average Bonchev–Trinajstić information content (AvgIpc) is 3.65. The lowest BCUT2D eigenvalue weighted by atomic mass is 9.92. The molecule has 0 spiro atoms. The first-order valence-corrected chi connectivity index (χ1v) is 13.1. The molecule has 3 amide bonds. The lowest BCUT2D eigenvalue weighted by molar-refractivity contribution is -0.133. The second kappa shape index (κ2) is 10.1. The fourth-order valence-corrected chi connectivity index (χ4v) is 6.45. The maximum atomic E-state index is 14.2. The molecule has 3 heterocycles. The van der Waals surface area contributed by atoms with E-state index in [2.05, 4.69) is 15.6 Å². The molecule has 5 rings (SSSR count). The average molecular weight is 531 g/mol. The molecule has 1 aromatic heterocycles. The van der Waals surface area contributed by atoms with Crippen molar-refractivity contribution in [2.75, 3.05) is 19.7 Å². The second-order valence-electron chi connectivity index (χ2n) is 10.8. The number of carbonyl (C=O) groups excluding carboxylic acids is 4. The number of nitrogens with one attached hydrogen (secondary N) is 3. The highest BCUT2D eigenvalue weighted by Gasteiger charge is 2.50.